The Kier molecular flexibility index (Phi) is 3.66. The van der Waals surface area contributed by atoms with Crippen molar-refractivity contribution in [1.29, 1.82) is 0 Å². The van der Waals surface area contributed by atoms with E-state index in [9.17, 15) is 9.59 Å². The first-order valence-corrected chi connectivity index (χ1v) is 6.36. The zero-order chi connectivity index (χ0) is 13.1. The van der Waals surface area contributed by atoms with Crippen molar-refractivity contribution in [3.8, 4) is 5.75 Å². The van der Waals surface area contributed by atoms with Crippen molar-refractivity contribution >= 4 is 27.5 Å². The monoisotopic (exact) mass is 266 g/mol. The molecule has 1 amide bonds. The van der Waals surface area contributed by atoms with Gasteiger partial charge in [-0.2, -0.15) is 0 Å². The average molecular weight is 266 g/mol. The number of carbonyl (C=O) groups excluding carboxylic acids is 1. The summed E-state index contributed by atoms with van der Waals surface area (Å²) >= 11 is 1.16. The first-order valence-electron chi connectivity index (χ1n) is 5.55. The minimum absolute atomic E-state index is 0.0537. The number of benzene rings is 1. The van der Waals surface area contributed by atoms with Crippen LogP contribution >= 0.6 is 11.3 Å². The molecule has 0 aliphatic rings. The van der Waals surface area contributed by atoms with E-state index in [1.54, 1.807) is 7.11 Å². The Labute approximate surface area is 108 Å². The molecular formula is C12H14N2O3S. The second-order valence-corrected chi connectivity index (χ2v) is 4.86. The van der Waals surface area contributed by atoms with E-state index in [1.807, 2.05) is 12.1 Å². The molecule has 0 bridgehead atoms. The predicted octanol–water partition coefficient (Wildman–Crippen LogP) is 1.28. The molecular weight excluding hydrogens is 252 g/mol. The van der Waals surface area contributed by atoms with Crippen LogP contribution in [0.25, 0.3) is 10.2 Å². The van der Waals surface area contributed by atoms with Crippen molar-refractivity contribution in [3.05, 3.63) is 27.4 Å². The lowest BCUT2D eigenvalue weighted by molar-refractivity contribution is -0.118. The maximum atomic E-state index is 11.4. The maximum absolute atomic E-state index is 11.4. The molecule has 0 aliphatic carbocycles. The molecule has 1 aromatic heterocycles. The maximum Gasteiger partial charge on any atom is 0.305 e. The van der Waals surface area contributed by atoms with Gasteiger partial charge < -0.3 is 15.0 Å². The lowest BCUT2D eigenvalue weighted by Gasteiger charge is -2.06. The number of amides is 1. The second-order valence-electron chi connectivity index (χ2n) is 3.88. The van der Waals surface area contributed by atoms with Crippen LogP contribution in [0.3, 0.4) is 0 Å². The smallest absolute Gasteiger partial charge is 0.305 e. The summed E-state index contributed by atoms with van der Waals surface area (Å²) in [7, 11) is 1.57. The number of methoxy groups -OCH3 is 1. The van der Waals surface area contributed by atoms with Gasteiger partial charge in [0.15, 0.2) is 0 Å². The van der Waals surface area contributed by atoms with Crippen molar-refractivity contribution < 1.29 is 9.53 Å². The lowest BCUT2D eigenvalue weighted by Crippen LogP contribution is -2.22. The standard InChI is InChI=1S/C12H14N2O3S/c1-7(15)13-6-5-8-3-4-9(17-2)10-11(8)18-12(16)14-10/h3-4H,5-6H2,1-2H3,(H,13,15)(H,14,16). The molecule has 6 heteroatoms. The third-order valence-corrected chi connectivity index (χ3v) is 3.57. The van der Waals surface area contributed by atoms with Crippen molar-refractivity contribution in [2.45, 2.75) is 13.3 Å². The van der Waals surface area contributed by atoms with Gasteiger partial charge >= 0.3 is 4.87 Å². The summed E-state index contributed by atoms with van der Waals surface area (Å²) in [5, 5.41) is 2.74. The second kappa shape index (κ2) is 5.22. The molecule has 1 aromatic carbocycles. The van der Waals surface area contributed by atoms with Crippen LogP contribution in [0.1, 0.15) is 12.5 Å². The molecule has 1 heterocycles. The third-order valence-electron chi connectivity index (χ3n) is 2.61. The highest BCUT2D eigenvalue weighted by Gasteiger charge is 2.10. The van der Waals surface area contributed by atoms with Crippen LogP contribution in [-0.4, -0.2) is 24.5 Å². The van der Waals surface area contributed by atoms with E-state index < -0.39 is 0 Å². The molecule has 0 spiro atoms. The minimum atomic E-state index is -0.102. The minimum Gasteiger partial charge on any atom is -0.495 e. The summed E-state index contributed by atoms with van der Waals surface area (Å²) in [6.45, 7) is 2.04. The molecule has 0 saturated heterocycles. The molecule has 2 N–H and O–H groups in total. The van der Waals surface area contributed by atoms with Gasteiger partial charge in [-0.15, -0.1) is 0 Å². The van der Waals surface area contributed by atoms with Crippen LogP contribution in [0.2, 0.25) is 0 Å². The lowest BCUT2D eigenvalue weighted by atomic mass is 10.1. The molecule has 18 heavy (non-hydrogen) atoms. The van der Waals surface area contributed by atoms with Gasteiger partial charge in [0.1, 0.15) is 11.3 Å². The average Bonchev–Trinajstić information content (AvgIpc) is 2.70. The molecule has 0 radical (unpaired) electrons. The van der Waals surface area contributed by atoms with Gasteiger partial charge in [0.2, 0.25) is 5.91 Å². The molecule has 5 nitrogen and oxygen atoms in total. The Morgan fingerprint density at radius 1 is 1.50 bits per heavy atom. The number of ether oxygens (including phenoxy) is 1. The van der Waals surface area contributed by atoms with Crippen molar-refractivity contribution in [2.24, 2.45) is 0 Å². The zero-order valence-electron chi connectivity index (χ0n) is 10.2. The number of hydrogen-bond donors (Lipinski definition) is 2. The normalized spacial score (nSPS) is 10.6. The van der Waals surface area contributed by atoms with Crippen LogP contribution in [0, 0.1) is 0 Å². The zero-order valence-corrected chi connectivity index (χ0v) is 11.0. The Hall–Kier alpha value is -1.82. The largest absolute Gasteiger partial charge is 0.495 e. The van der Waals surface area contributed by atoms with Gasteiger partial charge in [-0.05, 0) is 18.1 Å². The van der Waals surface area contributed by atoms with Crippen LogP contribution in [0.15, 0.2) is 16.9 Å². The van der Waals surface area contributed by atoms with E-state index >= 15 is 0 Å². The molecule has 2 rings (SSSR count). The molecule has 96 valence electrons. The summed E-state index contributed by atoms with van der Waals surface area (Å²) in [6.07, 6.45) is 0.688. The summed E-state index contributed by atoms with van der Waals surface area (Å²) in [4.78, 5) is 24.9. The van der Waals surface area contributed by atoms with Gasteiger partial charge in [-0.25, -0.2) is 0 Å². The van der Waals surface area contributed by atoms with E-state index in [4.69, 9.17) is 4.74 Å². The fourth-order valence-electron chi connectivity index (χ4n) is 1.80. The van der Waals surface area contributed by atoms with E-state index in [-0.39, 0.29) is 10.8 Å². The summed E-state index contributed by atoms with van der Waals surface area (Å²) in [5.41, 5.74) is 1.76. The fraction of sp³-hybridized carbons (Fsp3) is 0.333. The first-order chi connectivity index (χ1) is 8.61. The SMILES string of the molecule is COc1ccc(CCNC(C)=O)c2sc(=O)[nH]c12. The Bertz CT molecular complexity index is 630. The van der Waals surface area contributed by atoms with E-state index in [2.05, 4.69) is 10.3 Å². The first kappa shape index (κ1) is 12.6. The molecule has 0 fully saturated rings. The Morgan fingerprint density at radius 2 is 2.28 bits per heavy atom. The fourth-order valence-corrected chi connectivity index (χ4v) is 2.70. The number of fused-ring (bicyclic) bond motifs is 1. The molecule has 0 aliphatic heterocycles. The van der Waals surface area contributed by atoms with Crippen molar-refractivity contribution in [3.63, 3.8) is 0 Å². The highest BCUT2D eigenvalue weighted by Crippen LogP contribution is 2.28. The van der Waals surface area contributed by atoms with E-state index in [0.717, 1.165) is 27.1 Å². The number of H-pyrrole nitrogens is 1. The molecule has 2 aromatic rings. The van der Waals surface area contributed by atoms with Crippen molar-refractivity contribution in [1.82, 2.24) is 10.3 Å². The third kappa shape index (κ3) is 2.53. The number of aromatic amines is 1. The number of aromatic nitrogens is 1. The van der Waals surface area contributed by atoms with E-state index in [0.29, 0.717) is 18.7 Å². The molecule has 0 unspecified atom stereocenters. The summed E-state index contributed by atoms with van der Waals surface area (Å²) in [6, 6.07) is 3.75. The van der Waals surface area contributed by atoms with Gasteiger partial charge in [0, 0.05) is 13.5 Å². The Morgan fingerprint density at radius 3 is 2.94 bits per heavy atom. The topological polar surface area (TPSA) is 71.2 Å². The quantitative estimate of drug-likeness (QED) is 0.875. The van der Waals surface area contributed by atoms with Crippen LogP contribution in [-0.2, 0) is 11.2 Å². The highest BCUT2D eigenvalue weighted by molar-refractivity contribution is 7.16. The number of hydrogen-bond acceptors (Lipinski definition) is 4. The van der Waals surface area contributed by atoms with Crippen LogP contribution in [0.4, 0.5) is 0 Å². The molecule has 0 atom stereocenters. The van der Waals surface area contributed by atoms with Crippen LogP contribution in [0.5, 0.6) is 5.75 Å². The van der Waals surface area contributed by atoms with E-state index in [1.165, 1.54) is 6.92 Å². The number of carbonyl (C=O) groups is 1. The van der Waals surface area contributed by atoms with Gasteiger partial charge in [0.25, 0.3) is 0 Å². The summed E-state index contributed by atoms with van der Waals surface area (Å²) < 4.78 is 6.10. The number of thiazole rings is 1. The van der Waals surface area contributed by atoms with Crippen molar-refractivity contribution in [2.75, 3.05) is 13.7 Å². The van der Waals surface area contributed by atoms with Gasteiger partial charge in [-0.3, -0.25) is 9.59 Å². The number of rotatable bonds is 4. The molecule has 0 saturated carbocycles. The van der Waals surface area contributed by atoms with Gasteiger partial charge in [-0.1, -0.05) is 17.4 Å². The predicted molar refractivity (Wildman–Crippen MR) is 71.4 cm³/mol. The highest BCUT2D eigenvalue weighted by atomic mass is 32.1. The summed E-state index contributed by atoms with van der Waals surface area (Å²) in [5.74, 6) is 0.605. The Balaban J connectivity index is 2.34. The van der Waals surface area contributed by atoms with Gasteiger partial charge in [0.05, 0.1) is 11.8 Å². The number of nitrogens with one attached hydrogen (secondary N) is 2. The van der Waals surface area contributed by atoms with Crippen LogP contribution < -0.4 is 14.9 Å².